The first-order valence-corrected chi connectivity index (χ1v) is 7.57. The van der Waals surface area contributed by atoms with Crippen molar-refractivity contribution in [2.45, 2.75) is 30.7 Å². The molecule has 0 radical (unpaired) electrons. The maximum absolute atomic E-state index is 11.8. The maximum atomic E-state index is 11.8. The Balaban J connectivity index is 2.44. The first kappa shape index (κ1) is 15.5. The second kappa shape index (κ2) is 7.16. The minimum atomic E-state index is -0.517. The summed E-state index contributed by atoms with van der Waals surface area (Å²) in [4.78, 5) is 12.8. The van der Waals surface area contributed by atoms with Crippen LogP contribution in [0.2, 0.25) is 0 Å². The van der Waals surface area contributed by atoms with Crippen LogP contribution in [-0.2, 0) is 4.79 Å². The lowest BCUT2D eigenvalue weighted by atomic mass is 10.0. The van der Waals surface area contributed by atoms with E-state index in [0.717, 1.165) is 9.37 Å². The van der Waals surface area contributed by atoms with E-state index in [-0.39, 0.29) is 12.5 Å². The highest BCUT2D eigenvalue weighted by Gasteiger charge is 2.22. The van der Waals surface area contributed by atoms with Crippen molar-refractivity contribution in [1.82, 2.24) is 5.32 Å². The molecule has 2 N–H and O–H groups in total. The monoisotopic (exact) mass is 331 g/mol. The normalized spacial score (nSPS) is 14.0. The summed E-state index contributed by atoms with van der Waals surface area (Å²) in [5.74, 6) is 0.304. The van der Waals surface area contributed by atoms with Crippen LogP contribution in [0.5, 0.6) is 0 Å². The van der Waals surface area contributed by atoms with Gasteiger partial charge in [0.2, 0.25) is 5.91 Å². The van der Waals surface area contributed by atoms with Gasteiger partial charge in [-0.15, -0.1) is 11.8 Å². The summed E-state index contributed by atoms with van der Waals surface area (Å²) >= 11 is 4.85. The Labute approximate surface area is 120 Å². The molecule has 1 amide bonds. The van der Waals surface area contributed by atoms with E-state index in [1.165, 1.54) is 11.8 Å². The van der Waals surface area contributed by atoms with E-state index in [9.17, 15) is 9.90 Å². The highest BCUT2D eigenvalue weighted by Crippen LogP contribution is 2.20. The number of benzene rings is 1. The van der Waals surface area contributed by atoms with Gasteiger partial charge in [-0.25, -0.2) is 0 Å². The van der Waals surface area contributed by atoms with Gasteiger partial charge in [0, 0.05) is 9.37 Å². The third-order valence-corrected chi connectivity index (χ3v) is 4.29. The number of carbonyl (C=O) groups excluding carboxylic acids is 1. The minimum absolute atomic E-state index is 0.0435. The zero-order valence-corrected chi connectivity index (χ0v) is 13.0. The van der Waals surface area contributed by atoms with Crippen molar-refractivity contribution in [2.24, 2.45) is 0 Å². The van der Waals surface area contributed by atoms with Crippen LogP contribution in [0.3, 0.4) is 0 Å². The lowest BCUT2D eigenvalue weighted by Gasteiger charge is -2.27. The standard InChI is InChI=1S/C13H18BrNO2S/c1-3-13(2,9-16)15-12(17)8-18-11-6-4-10(14)5-7-11/h4-7,16H,3,8-9H2,1-2H3,(H,15,17). The molecule has 1 atom stereocenters. The second-order valence-electron chi connectivity index (χ2n) is 4.36. The molecule has 0 heterocycles. The molecule has 5 heteroatoms. The molecule has 18 heavy (non-hydrogen) atoms. The molecular formula is C13H18BrNO2S. The first-order valence-electron chi connectivity index (χ1n) is 5.79. The number of amides is 1. The minimum Gasteiger partial charge on any atom is -0.394 e. The lowest BCUT2D eigenvalue weighted by Crippen LogP contribution is -2.49. The maximum Gasteiger partial charge on any atom is 0.230 e. The first-order chi connectivity index (χ1) is 8.49. The largest absolute Gasteiger partial charge is 0.394 e. The van der Waals surface area contributed by atoms with Gasteiger partial charge < -0.3 is 10.4 Å². The van der Waals surface area contributed by atoms with E-state index in [4.69, 9.17) is 0 Å². The Bertz CT molecular complexity index is 390. The van der Waals surface area contributed by atoms with Crippen LogP contribution >= 0.6 is 27.7 Å². The molecule has 1 aromatic carbocycles. The molecule has 0 aliphatic heterocycles. The summed E-state index contributed by atoms with van der Waals surface area (Å²) < 4.78 is 1.02. The number of aliphatic hydroxyl groups is 1. The van der Waals surface area contributed by atoms with Crippen LogP contribution in [0.1, 0.15) is 20.3 Å². The third-order valence-electron chi connectivity index (χ3n) is 2.75. The fourth-order valence-electron chi connectivity index (χ4n) is 1.29. The van der Waals surface area contributed by atoms with E-state index in [0.29, 0.717) is 12.2 Å². The van der Waals surface area contributed by atoms with E-state index in [1.54, 1.807) is 0 Å². The van der Waals surface area contributed by atoms with Crippen LogP contribution in [0.15, 0.2) is 33.6 Å². The van der Waals surface area contributed by atoms with Crippen molar-refractivity contribution >= 4 is 33.6 Å². The fourth-order valence-corrected chi connectivity index (χ4v) is 2.25. The Morgan fingerprint density at radius 3 is 2.56 bits per heavy atom. The van der Waals surface area contributed by atoms with Crippen molar-refractivity contribution in [3.8, 4) is 0 Å². The summed E-state index contributed by atoms with van der Waals surface area (Å²) in [7, 11) is 0. The highest BCUT2D eigenvalue weighted by molar-refractivity contribution is 9.10. The summed E-state index contributed by atoms with van der Waals surface area (Å²) in [6, 6.07) is 7.83. The van der Waals surface area contributed by atoms with Gasteiger partial charge in [-0.05, 0) is 37.6 Å². The Morgan fingerprint density at radius 1 is 1.44 bits per heavy atom. The summed E-state index contributed by atoms with van der Waals surface area (Å²) in [6.45, 7) is 3.74. The van der Waals surface area contributed by atoms with Gasteiger partial charge in [0.1, 0.15) is 0 Å². The predicted octanol–water partition coefficient (Wildman–Crippen LogP) is 2.82. The number of nitrogens with one attached hydrogen (secondary N) is 1. The van der Waals surface area contributed by atoms with Crippen molar-refractivity contribution in [2.75, 3.05) is 12.4 Å². The van der Waals surface area contributed by atoms with Gasteiger partial charge >= 0.3 is 0 Å². The van der Waals surface area contributed by atoms with Crippen LogP contribution in [0, 0.1) is 0 Å². The molecule has 1 aromatic rings. The average Bonchev–Trinajstić information content (AvgIpc) is 2.38. The van der Waals surface area contributed by atoms with Crippen LogP contribution in [-0.4, -0.2) is 28.9 Å². The third kappa shape index (κ3) is 5.00. The van der Waals surface area contributed by atoms with Crippen molar-refractivity contribution in [3.05, 3.63) is 28.7 Å². The van der Waals surface area contributed by atoms with Crippen molar-refractivity contribution in [3.63, 3.8) is 0 Å². The molecule has 100 valence electrons. The molecule has 0 fully saturated rings. The number of carbonyl (C=O) groups is 1. The Kier molecular flexibility index (Phi) is 6.18. The van der Waals surface area contributed by atoms with Gasteiger partial charge in [0.05, 0.1) is 17.9 Å². The highest BCUT2D eigenvalue weighted by atomic mass is 79.9. The topological polar surface area (TPSA) is 49.3 Å². The number of hydrogen-bond acceptors (Lipinski definition) is 3. The van der Waals surface area contributed by atoms with E-state index in [2.05, 4.69) is 21.2 Å². The van der Waals surface area contributed by atoms with Gasteiger partial charge in [-0.1, -0.05) is 22.9 Å². The molecule has 1 rings (SSSR count). The summed E-state index contributed by atoms with van der Waals surface area (Å²) in [5.41, 5.74) is -0.517. The van der Waals surface area contributed by atoms with Crippen molar-refractivity contribution < 1.29 is 9.90 Å². The van der Waals surface area contributed by atoms with Gasteiger partial charge in [0.15, 0.2) is 0 Å². The molecule has 3 nitrogen and oxygen atoms in total. The molecule has 1 unspecified atom stereocenters. The molecule has 0 bridgehead atoms. The van der Waals surface area contributed by atoms with Crippen LogP contribution in [0.25, 0.3) is 0 Å². The second-order valence-corrected chi connectivity index (χ2v) is 6.33. The molecule has 0 spiro atoms. The van der Waals surface area contributed by atoms with Gasteiger partial charge in [-0.3, -0.25) is 4.79 Å². The van der Waals surface area contributed by atoms with Crippen LogP contribution < -0.4 is 5.32 Å². The van der Waals surface area contributed by atoms with Crippen LogP contribution in [0.4, 0.5) is 0 Å². The smallest absolute Gasteiger partial charge is 0.230 e. The average molecular weight is 332 g/mol. The number of thioether (sulfide) groups is 1. The zero-order valence-electron chi connectivity index (χ0n) is 10.6. The van der Waals surface area contributed by atoms with E-state index in [1.807, 2.05) is 38.1 Å². The summed E-state index contributed by atoms with van der Waals surface area (Å²) in [6.07, 6.45) is 0.707. The fraction of sp³-hybridized carbons (Fsp3) is 0.462. The number of rotatable bonds is 6. The summed E-state index contributed by atoms with van der Waals surface area (Å²) in [5, 5.41) is 12.1. The van der Waals surface area contributed by atoms with Gasteiger partial charge in [-0.2, -0.15) is 0 Å². The lowest BCUT2D eigenvalue weighted by molar-refractivity contribution is -0.120. The molecule has 0 aliphatic rings. The molecule has 0 saturated carbocycles. The zero-order chi connectivity index (χ0) is 13.6. The van der Waals surface area contributed by atoms with Gasteiger partial charge in [0.25, 0.3) is 0 Å². The Hall–Kier alpha value is -0.520. The predicted molar refractivity (Wildman–Crippen MR) is 78.8 cm³/mol. The molecular weight excluding hydrogens is 314 g/mol. The number of aliphatic hydroxyl groups excluding tert-OH is 1. The Morgan fingerprint density at radius 2 is 2.06 bits per heavy atom. The quantitative estimate of drug-likeness (QED) is 0.788. The molecule has 0 aromatic heterocycles. The van der Waals surface area contributed by atoms with E-state index < -0.39 is 5.54 Å². The number of halogens is 1. The molecule has 0 aliphatic carbocycles. The SMILES string of the molecule is CCC(C)(CO)NC(=O)CSc1ccc(Br)cc1. The molecule has 0 saturated heterocycles. The van der Waals surface area contributed by atoms with E-state index >= 15 is 0 Å². The number of hydrogen-bond donors (Lipinski definition) is 2. The van der Waals surface area contributed by atoms with Crippen molar-refractivity contribution in [1.29, 1.82) is 0 Å².